The zero-order valence-corrected chi connectivity index (χ0v) is 15.7. The maximum absolute atomic E-state index is 12.3. The molecule has 0 aromatic carbocycles. The summed E-state index contributed by atoms with van der Waals surface area (Å²) in [6.07, 6.45) is 3.65. The normalized spacial score (nSPS) is 21.5. The lowest BCUT2D eigenvalue weighted by atomic mass is 9.85. The maximum atomic E-state index is 12.3. The van der Waals surface area contributed by atoms with Gasteiger partial charge in [0.2, 0.25) is 5.91 Å². The number of carbonyl (C=O) groups is 2. The Morgan fingerprint density at radius 3 is 2.52 bits per heavy atom. The van der Waals surface area contributed by atoms with Crippen molar-refractivity contribution in [2.45, 2.75) is 59.4 Å². The number of amides is 1. The number of hydrogen-bond donors (Lipinski definition) is 2. The fourth-order valence-corrected chi connectivity index (χ4v) is 2.96. The third-order valence-electron chi connectivity index (χ3n) is 4.72. The molecule has 6 heteroatoms. The Labute approximate surface area is 146 Å². The molecule has 1 aliphatic heterocycles. The Morgan fingerprint density at radius 1 is 1.30 bits per heavy atom. The van der Waals surface area contributed by atoms with Crippen LogP contribution in [0.1, 0.15) is 53.4 Å². The van der Waals surface area contributed by atoms with E-state index in [1.165, 1.54) is 12.8 Å². The molecule has 0 saturated carbocycles. The molecule has 0 aliphatic carbocycles. The lowest BCUT2D eigenvalue weighted by Gasteiger charge is -2.29. The van der Waals surface area contributed by atoms with Crippen LogP contribution in [0.25, 0.3) is 0 Å². The summed E-state index contributed by atoms with van der Waals surface area (Å²) in [6, 6.07) is -0.533. The quantitative estimate of drug-likeness (QED) is 0.661. The van der Waals surface area contributed by atoms with Crippen molar-refractivity contribution in [2.75, 3.05) is 19.7 Å². The van der Waals surface area contributed by atoms with Crippen molar-refractivity contribution in [1.29, 1.82) is 0 Å². The van der Waals surface area contributed by atoms with E-state index in [1.807, 2.05) is 13.8 Å². The summed E-state index contributed by atoms with van der Waals surface area (Å²) in [4.78, 5) is 24.3. The van der Waals surface area contributed by atoms with E-state index in [0.29, 0.717) is 24.9 Å². The number of carbonyl (C=O) groups excluding carboxylic acids is 2. The molecule has 0 spiro atoms. The van der Waals surface area contributed by atoms with E-state index in [1.54, 1.807) is 6.92 Å². The zero-order chi connectivity index (χ0) is 16.5. The summed E-state index contributed by atoms with van der Waals surface area (Å²) >= 11 is 0. The molecule has 1 fully saturated rings. The highest BCUT2D eigenvalue weighted by Crippen LogP contribution is 2.22. The molecule has 1 saturated heterocycles. The first-order chi connectivity index (χ1) is 10.5. The van der Waals surface area contributed by atoms with Crippen LogP contribution in [0.4, 0.5) is 0 Å². The Morgan fingerprint density at radius 2 is 2.00 bits per heavy atom. The predicted molar refractivity (Wildman–Crippen MR) is 94.6 cm³/mol. The molecule has 2 N–H and O–H groups in total. The van der Waals surface area contributed by atoms with Gasteiger partial charge in [-0.1, -0.05) is 27.2 Å². The van der Waals surface area contributed by atoms with Gasteiger partial charge in [0.15, 0.2) is 0 Å². The predicted octanol–water partition coefficient (Wildman–Crippen LogP) is 2.53. The molecular formula is C17H33ClN2O3. The summed E-state index contributed by atoms with van der Waals surface area (Å²) in [5.74, 6) is 0.583. The van der Waals surface area contributed by atoms with Crippen molar-refractivity contribution >= 4 is 24.3 Å². The summed E-state index contributed by atoms with van der Waals surface area (Å²) < 4.78 is 5.09. The largest absolute Gasteiger partial charge is 0.464 e. The van der Waals surface area contributed by atoms with Crippen LogP contribution in [0, 0.1) is 17.8 Å². The van der Waals surface area contributed by atoms with Gasteiger partial charge in [-0.2, -0.15) is 0 Å². The van der Waals surface area contributed by atoms with E-state index < -0.39 is 6.04 Å². The molecule has 1 rings (SSSR count). The van der Waals surface area contributed by atoms with Gasteiger partial charge in [-0.05, 0) is 50.6 Å². The average Bonchev–Trinajstić information content (AvgIpc) is 2.52. The van der Waals surface area contributed by atoms with Crippen LogP contribution in [-0.2, 0) is 14.3 Å². The van der Waals surface area contributed by atoms with Crippen LogP contribution in [-0.4, -0.2) is 37.6 Å². The summed E-state index contributed by atoms with van der Waals surface area (Å²) in [7, 11) is 0. The zero-order valence-electron chi connectivity index (χ0n) is 14.9. The number of halogens is 1. The average molecular weight is 349 g/mol. The number of piperidine rings is 1. The first kappa shape index (κ1) is 22.2. The van der Waals surface area contributed by atoms with Gasteiger partial charge in [0.25, 0.3) is 0 Å². The van der Waals surface area contributed by atoms with Crippen molar-refractivity contribution in [2.24, 2.45) is 17.8 Å². The topological polar surface area (TPSA) is 67.4 Å². The van der Waals surface area contributed by atoms with Gasteiger partial charge in [0.05, 0.1) is 6.61 Å². The highest BCUT2D eigenvalue weighted by Gasteiger charge is 2.29. The molecule has 0 aromatic rings. The Hall–Kier alpha value is -0.810. The lowest BCUT2D eigenvalue weighted by molar-refractivity contribution is -0.149. The van der Waals surface area contributed by atoms with Gasteiger partial charge in [-0.3, -0.25) is 4.79 Å². The molecule has 1 heterocycles. The van der Waals surface area contributed by atoms with Crippen molar-refractivity contribution < 1.29 is 14.3 Å². The SMILES string of the molecule is CCOC(=O)C(NC(=O)CC(C)C1CCCNC1)C(C)CC.Cl. The number of nitrogens with one attached hydrogen (secondary N) is 2. The van der Waals surface area contributed by atoms with E-state index in [9.17, 15) is 9.59 Å². The Kier molecular flexibility index (Phi) is 11.3. The van der Waals surface area contributed by atoms with Gasteiger partial charge in [-0.15, -0.1) is 12.4 Å². The van der Waals surface area contributed by atoms with E-state index in [-0.39, 0.29) is 30.2 Å². The van der Waals surface area contributed by atoms with Crippen LogP contribution < -0.4 is 10.6 Å². The molecule has 1 amide bonds. The second-order valence-electron chi connectivity index (χ2n) is 6.47. The summed E-state index contributed by atoms with van der Waals surface area (Å²) in [6.45, 7) is 10.3. The standard InChI is InChI=1S/C17H32N2O3.ClH/c1-5-12(3)16(17(21)22-6-2)19-15(20)10-13(4)14-8-7-9-18-11-14;/h12-14,16,18H,5-11H2,1-4H3,(H,19,20);1H. The smallest absolute Gasteiger partial charge is 0.328 e. The summed E-state index contributed by atoms with van der Waals surface area (Å²) in [5, 5.41) is 6.27. The fourth-order valence-electron chi connectivity index (χ4n) is 2.96. The van der Waals surface area contributed by atoms with Crippen molar-refractivity contribution in [1.82, 2.24) is 10.6 Å². The van der Waals surface area contributed by atoms with Crippen molar-refractivity contribution in [3.63, 3.8) is 0 Å². The van der Waals surface area contributed by atoms with Gasteiger partial charge in [0.1, 0.15) is 6.04 Å². The Bertz CT molecular complexity index is 360. The highest BCUT2D eigenvalue weighted by molar-refractivity contribution is 5.85. The third-order valence-corrected chi connectivity index (χ3v) is 4.72. The molecule has 1 aliphatic rings. The number of esters is 1. The van der Waals surface area contributed by atoms with Crippen LogP contribution in [0.15, 0.2) is 0 Å². The molecular weight excluding hydrogens is 316 g/mol. The molecule has 23 heavy (non-hydrogen) atoms. The molecule has 0 aromatic heterocycles. The minimum Gasteiger partial charge on any atom is -0.464 e. The molecule has 4 unspecified atom stereocenters. The van der Waals surface area contributed by atoms with Gasteiger partial charge in [-0.25, -0.2) is 4.79 Å². The second-order valence-corrected chi connectivity index (χ2v) is 6.47. The Balaban J connectivity index is 0.00000484. The number of rotatable bonds is 8. The van der Waals surface area contributed by atoms with Crippen LogP contribution >= 0.6 is 12.4 Å². The first-order valence-corrected chi connectivity index (χ1v) is 8.66. The summed E-state index contributed by atoms with van der Waals surface area (Å²) in [5.41, 5.74) is 0. The fraction of sp³-hybridized carbons (Fsp3) is 0.882. The van der Waals surface area contributed by atoms with E-state index in [2.05, 4.69) is 17.6 Å². The van der Waals surface area contributed by atoms with E-state index >= 15 is 0 Å². The minimum absolute atomic E-state index is 0. The van der Waals surface area contributed by atoms with Gasteiger partial charge in [0, 0.05) is 6.42 Å². The molecule has 0 radical (unpaired) electrons. The monoisotopic (exact) mass is 348 g/mol. The third kappa shape index (κ3) is 7.53. The van der Waals surface area contributed by atoms with Crippen LogP contribution in [0.5, 0.6) is 0 Å². The van der Waals surface area contributed by atoms with Gasteiger partial charge < -0.3 is 15.4 Å². The second kappa shape index (κ2) is 11.7. The number of ether oxygens (including phenoxy) is 1. The van der Waals surface area contributed by atoms with Gasteiger partial charge >= 0.3 is 5.97 Å². The maximum Gasteiger partial charge on any atom is 0.328 e. The molecule has 4 atom stereocenters. The van der Waals surface area contributed by atoms with Crippen LogP contribution in [0.3, 0.4) is 0 Å². The van der Waals surface area contributed by atoms with Crippen molar-refractivity contribution in [3.05, 3.63) is 0 Å². The minimum atomic E-state index is -0.533. The first-order valence-electron chi connectivity index (χ1n) is 8.66. The van der Waals surface area contributed by atoms with E-state index in [4.69, 9.17) is 4.74 Å². The van der Waals surface area contributed by atoms with E-state index in [0.717, 1.165) is 19.5 Å². The molecule has 0 bridgehead atoms. The molecule has 5 nitrogen and oxygen atoms in total. The number of hydrogen-bond acceptors (Lipinski definition) is 4. The van der Waals surface area contributed by atoms with Crippen molar-refractivity contribution in [3.8, 4) is 0 Å². The highest BCUT2D eigenvalue weighted by atomic mass is 35.5. The lowest BCUT2D eigenvalue weighted by Crippen LogP contribution is -2.46. The molecule has 136 valence electrons. The van der Waals surface area contributed by atoms with Crippen LogP contribution in [0.2, 0.25) is 0 Å².